The van der Waals surface area contributed by atoms with Gasteiger partial charge in [-0.2, -0.15) is 0 Å². The Morgan fingerprint density at radius 3 is 2.94 bits per heavy atom. The van der Waals surface area contributed by atoms with Crippen molar-refractivity contribution in [1.82, 2.24) is 5.32 Å². The van der Waals surface area contributed by atoms with E-state index in [0.717, 1.165) is 12.0 Å². The Hall–Kier alpha value is -0.860. The number of hydrogen-bond acceptors (Lipinski definition) is 2. The summed E-state index contributed by atoms with van der Waals surface area (Å²) in [5, 5.41) is 13.9. The number of hydrogen-bond donors (Lipinski definition) is 2. The minimum Gasteiger partial charge on any atom is -0.388 e. The Morgan fingerprint density at radius 2 is 2.12 bits per heavy atom. The van der Waals surface area contributed by atoms with Crippen molar-refractivity contribution >= 4 is 0 Å². The van der Waals surface area contributed by atoms with E-state index in [4.69, 9.17) is 0 Å². The lowest BCUT2D eigenvalue weighted by Gasteiger charge is -2.50. The minimum atomic E-state index is -0.268. The first-order chi connectivity index (χ1) is 8.28. The second kappa shape index (κ2) is 4.11. The van der Waals surface area contributed by atoms with Crippen molar-refractivity contribution < 1.29 is 5.11 Å². The van der Waals surface area contributed by atoms with Crippen LogP contribution in [0.4, 0.5) is 0 Å². The summed E-state index contributed by atoms with van der Waals surface area (Å²) in [4.78, 5) is 0. The third-order valence-electron chi connectivity index (χ3n) is 4.82. The highest BCUT2D eigenvalue weighted by atomic mass is 16.3. The molecule has 3 rings (SSSR count). The topological polar surface area (TPSA) is 32.3 Å². The van der Waals surface area contributed by atoms with Crippen LogP contribution in [0.5, 0.6) is 0 Å². The number of aliphatic hydroxyl groups excluding tert-OH is 1. The molecular formula is C15H21NO. The maximum atomic E-state index is 10.3. The van der Waals surface area contributed by atoms with Gasteiger partial charge in [-0.3, -0.25) is 0 Å². The summed E-state index contributed by atoms with van der Waals surface area (Å²) in [6.45, 7) is 0. The molecule has 1 aromatic rings. The van der Waals surface area contributed by atoms with E-state index < -0.39 is 0 Å². The van der Waals surface area contributed by atoms with E-state index in [-0.39, 0.29) is 11.6 Å². The summed E-state index contributed by atoms with van der Waals surface area (Å²) in [5.41, 5.74) is 2.60. The molecule has 2 N–H and O–H groups in total. The van der Waals surface area contributed by atoms with Crippen LogP contribution in [0.3, 0.4) is 0 Å². The van der Waals surface area contributed by atoms with Crippen molar-refractivity contribution in [3.8, 4) is 0 Å². The van der Waals surface area contributed by atoms with Crippen LogP contribution in [0.2, 0.25) is 0 Å². The fourth-order valence-corrected chi connectivity index (χ4v) is 3.97. The van der Waals surface area contributed by atoms with Crippen LogP contribution >= 0.6 is 0 Å². The summed E-state index contributed by atoms with van der Waals surface area (Å²) in [6, 6.07) is 8.42. The second-order valence-corrected chi connectivity index (χ2v) is 5.50. The van der Waals surface area contributed by atoms with Gasteiger partial charge in [-0.05, 0) is 43.4 Å². The van der Waals surface area contributed by atoms with Crippen LogP contribution in [0.25, 0.3) is 0 Å². The van der Waals surface area contributed by atoms with Gasteiger partial charge in [-0.1, -0.05) is 37.1 Å². The first kappa shape index (κ1) is 11.2. The summed E-state index contributed by atoms with van der Waals surface area (Å²) in [6.07, 6.45) is 5.70. The zero-order valence-electron chi connectivity index (χ0n) is 10.4. The molecular weight excluding hydrogens is 210 g/mol. The second-order valence-electron chi connectivity index (χ2n) is 5.50. The van der Waals surface area contributed by atoms with E-state index >= 15 is 0 Å². The molecule has 2 aliphatic carbocycles. The molecule has 0 heterocycles. The molecule has 2 heteroatoms. The van der Waals surface area contributed by atoms with Gasteiger partial charge >= 0.3 is 0 Å². The van der Waals surface area contributed by atoms with Crippen molar-refractivity contribution in [1.29, 1.82) is 0 Å². The van der Waals surface area contributed by atoms with Crippen molar-refractivity contribution in [2.45, 2.75) is 43.7 Å². The SMILES string of the molecule is CN[C@]12CCCC[C@H]1C[C@@H](O)c1ccccc12. The van der Waals surface area contributed by atoms with Gasteiger partial charge in [0.2, 0.25) is 0 Å². The summed E-state index contributed by atoms with van der Waals surface area (Å²) >= 11 is 0. The molecule has 0 spiro atoms. The molecule has 2 aliphatic rings. The lowest BCUT2D eigenvalue weighted by atomic mass is 9.62. The van der Waals surface area contributed by atoms with Gasteiger partial charge in [0.25, 0.3) is 0 Å². The van der Waals surface area contributed by atoms with Gasteiger partial charge in [0.15, 0.2) is 0 Å². The largest absolute Gasteiger partial charge is 0.388 e. The fraction of sp³-hybridized carbons (Fsp3) is 0.600. The van der Waals surface area contributed by atoms with Crippen molar-refractivity contribution in [3.05, 3.63) is 35.4 Å². The number of rotatable bonds is 1. The maximum Gasteiger partial charge on any atom is 0.0796 e. The first-order valence-electron chi connectivity index (χ1n) is 6.74. The van der Waals surface area contributed by atoms with E-state index in [1.165, 1.54) is 31.2 Å². The van der Waals surface area contributed by atoms with Gasteiger partial charge in [0.1, 0.15) is 0 Å². The molecule has 0 aromatic heterocycles. The highest BCUT2D eigenvalue weighted by molar-refractivity contribution is 5.39. The van der Waals surface area contributed by atoms with E-state index in [2.05, 4.69) is 30.6 Å². The number of aliphatic hydroxyl groups is 1. The monoisotopic (exact) mass is 231 g/mol. The molecule has 1 fully saturated rings. The quantitative estimate of drug-likeness (QED) is 0.779. The highest BCUT2D eigenvalue weighted by Crippen LogP contribution is 2.50. The summed E-state index contributed by atoms with van der Waals surface area (Å²) in [5.74, 6) is 0.589. The fourth-order valence-electron chi connectivity index (χ4n) is 3.97. The van der Waals surface area contributed by atoms with Crippen molar-refractivity contribution in [2.24, 2.45) is 5.92 Å². The van der Waals surface area contributed by atoms with Gasteiger partial charge in [-0.15, -0.1) is 0 Å². The van der Waals surface area contributed by atoms with Crippen LogP contribution < -0.4 is 5.32 Å². The van der Waals surface area contributed by atoms with Gasteiger partial charge < -0.3 is 10.4 Å². The molecule has 0 saturated heterocycles. The van der Waals surface area contributed by atoms with E-state index in [1.807, 2.05) is 6.07 Å². The van der Waals surface area contributed by atoms with Gasteiger partial charge in [0.05, 0.1) is 6.10 Å². The molecule has 0 amide bonds. The molecule has 17 heavy (non-hydrogen) atoms. The van der Waals surface area contributed by atoms with E-state index in [1.54, 1.807) is 0 Å². The molecule has 0 radical (unpaired) electrons. The zero-order valence-corrected chi connectivity index (χ0v) is 10.4. The number of fused-ring (bicyclic) bond motifs is 3. The van der Waals surface area contributed by atoms with Crippen LogP contribution in [-0.2, 0) is 5.54 Å². The van der Waals surface area contributed by atoms with Gasteiger partial charge in [-0.25, -0.2) is 0 Å². The highest BCUT2D eigenvalue weighted by Gasteiger charge is 2.46. The number of benzene rings is 1. The average molecular weight is 231 g/mol. The minimum absolute atomic E-state index is 0.119. The third-order valence-corrected chi connectivity index (χ3v) is 4.82. The maximum absolute atomic E-state index is 10.3. The Balaban J connectivity index is 2.14. The molecule has 1 saturated carbocycles. The normalized spacial score (nSPS) is 36.1. The zero-order chi connectivity index (χ0) is 11.9. The Labute approximate surface area is 103 Å². The van der Waals surface area contributed by atoms with E-state index in [0.29, 0.717) is 5.92 Å². The smallest absolute Gasteiger partial charge is 0.0796 e. The standard InChI is InChI=1S/C15H21NO/c1-16-15-9-5-4-6-11(15)10-14(17)12-7-2-3-8-13(12)15/h2-3,7-8,11,14,16-17H,4-6,9-10H2,1H3/t11-,14+,15+/m0/s1. The average Bonchev–Trinajstić information content (AvgIpc) is 2.39. The third kappa shape index (κ3) is 1.54. The number of nitrogens with one attached hydrogen (secondary N) is 1. The lowest BCUT2D eigenvalue weighted by Crippen LogP contribution is -2.51. The molecule has 1 aromatic carbocycles. The molecule has 0 aliphatic heterocycles. The molecule has 0 unspecified atom stereocenters. The predicted octanol–water partition coefficient (Wildman–Crippen LogP) is 2.73. The first-order valence-corrected chi connectivity index (χ1v) is 6.74. The predicted molar refractivity (Wildman–Crippen MR) is 68.7 cm³/mol. The van der Waals surface area contributed by atoms with Crippen LogP contribution in [0, 0.1) is 5.92 Å². The van der Waals surface area contributed by atoms with Crippen molar-refractivity contribution in [2.75, 3.05) is 7.05 Å². The Morgan fingerprint density at radius 1 is 1.29 bits per heavy atom. The van der Waals surface area contributed by atoms with Crippen molar-refractivity contribution in [3.63, 3.8) is 0 Å². The van der Waals surface area contributed by atoms with Crippen LogP contribution in [0.15, 0.2) is 24.3 Å². The Bertz CT molecular complexity index is 417. The van der Waals surface area contributed by atoms with Gasteiger partial charge in [0, 0.05) is 5.54 Å². The summed E-state index contributed by atoms with van der Waals surface area (Å²) < 4.78 is 0. The van der Waals surface area contributed by atoms with Crippen LogP contribution in [0.1, 0.15) is 49.3 Å². The lowest BCUT2D eigenvalue weighted by molar-refractivity contribution is 0.0495. The summed E-state index contributed by atoms with van der Waals surface area (Å²) in [7, 11) is 2.08. The van der Waals surface area contributed by atoms with Crippen LogP contribution in [-0.4, -0.2) is 12.2 Å². The molecule has 3 atom stereocenters. The molecule has 0 bridgehead atoms. The Kier molecular flexibility index (Phi) is 2.72. The molecule has 92 valence electrons. The van der Waals surface area contributed by atoms with E-state index in [9.17, 15) is 5.11 Å². The molecule has 2 nitrogen and oxygen atoms in total.